The minimum absolute atomic E-state index is 0.255. The highest BCUT2D eigenvalue weighted by Crippen LogP contribution is 2.32. The lowest BCUT2D eigenvalue weighted by Crippen LogP contribution is -2.05. The van der Waals surface area contributed by atoms with E-state index >= 15 is 0 Å². The van der Waals surface area contributed by atoms with Crippen molar-refractivity contribution in [2.24, 2.45) is 0 Å². The van der Waals surface area contributed by atoms with Crippen molar-refractivity contribution >= 4 is 5.65 Å². The first kappa shape index (κ1) is 18.6. The van der Waals surface area contributed by atoms with Crippen LogP contribution in [0.3, 0.4) is 0 Å². The Bertz CT molecular complexity index is 1200. The van der Waals surface area contributed by atoms with E-state index in [4.69, 9.17) is 9.47 Å². The van der Waals surface area contributed by atoms with Crippen LogP contribution in [0.4, 0.5) is 22.0 Å². The van der Waals surface area contributed by atoms with Crippen molar-refractivity contribution in [3.8, 4) is 28.8 Å². The fraction of sp³-hybridized carbons (Fsp3) is 0.0556. The van der Waals surface area contributed by atoms with Crippen LogP contribution in [-0.2, 0) is 0 Å². The second-order valence-electron chi connectivity index (χ2n) is 5.69. The van der Waals surface area contributed by atoms with Gasteiger partial charge in [-0.3, -0.25) is 0 Å². The molecular formula is C18H9F5N4O2. The highest BCUT2D eigenvalue weighted by atomic mass is 19.2. The van der Waals surface area contributed by atoms with Crippen LogP contribution < -0.4 is 9.47 Å². The van der Waals surface area contributed by atoms with E-state index < -0.39 is 40.7 Å². The molecule has 2 aromatic carbocycles. The van der Waals surface area contributed by atoms with Gasteiger partial charge in [0.05, 0.1) is 7.11 Å². The predicted octanol–water partition coefficient (Wildman–Crippen LogP) is 4.29. The minimum atomic E-state index is -2.28. The van der Waals surface area contributed by atoms with Gasteiger partial charge in [0.25, 0.3) is 0 Å². The van der Waals surface area contributed by atoms with Crippen LogP contribution in [-0.4, -0.2) is 26.9 Å². The molecular weight excluding hydrogens is 399 g/mol. The number of ether oxygens (including phenoxy) is 2. The van der Waals surface area contributed by atoms with Gasteiger partial charge < -0.3 is 9.47 Å². The zero-order chi connectivity index (χ0) is 20.7. The third-order valence-corrected chi connectivity index (χ3v) is 3.96. The number of rotatable bonds is 4. The van der Waals surface area contributed by atoms with Crippen LogP contribution >= 0.6 is 0 Å². The highest BCUT2D eigenvalue weighted by molar-refractivity contribution is 5.59. The van der Waals surface area contributed by atoms with Gasteiger partial charge in [0.2, 0.25) is 40.7 Å². The summed E-state index contributed by atoms with van der Waals surface area (Å²) >= 11 is 0. The van der Waals surface area contributed by atoms with Crippen molar-refractivity contribution in [2.45, 2.75) is 0 Å². The molecule has 2 heterocycles. The Morgan fingerprint density at radius 3 is 2.00 bits per heavy atom. The molecule has 0 spiro atoms. The summed E-state index contributed by atoms with van der Waals surface area (Å²) in [6.45, 7) is 0. The Hall–Kier alpha value is -3.76. The highest BCUT2D eigenvalue weighted by Gasteiger charge is 2.28. The van der Waals surface area contributed by atoms with Crippen LogP contribution in [0.5, 0.6) is 17.4 Å². The SMILES string of the molecule is COc1ccc(-c2nnc3ccc(Oc4c(F)c(F)c(F)c(F)c4F)nn23)cc1. The standard InChI is InChI=1S/C18H9F5N4O2/c1-28-9-4-2-8(3-5-9)18-25-24-10-6-7-11(26-27(10)18)29-17-15(22)13(20)12(19)14(21)16(17)23/h2-7H,1H3. The summed E-state index contributed by atoms with van der Waals surface area (Å²) < 4.78 is 78.7. The first-order valence-electron chi connectivity index (χ1n) is 7.97. The normalized spacial score (nSPS) is 11.1. The van der Waals surface area contributed by atoms with Crippen molar-refractivity contribution < 1.29 is 31.4 Å². The van der Waals surface area contributed by atoms with Crippen LogP contribution in [0.25, 0.3) is 17.0 Å². The first-order chi connectivity index (χ1) is 13.9. The molecule has 11 heteroatoms. The molecule has 0 aliphatic carbocycles. The number of fused-ring (bicyclic) bond motifs is 1. The molecule has 0 aliphatic heterocycles. The zero-order valence-electron chi connectivity index (χ0n) is 14.5. The van der Waals surface area contributed by atoms with Crippen molar-refractivity contribution in [1.82, 2.24) is 19.8 Å². The van der Waals surface area contributed by atoms with Crippen molar-refractivity contribution in [3.63, 3.8) is 0 Å². The molecule has 0 unspecified atom stereocenters. The molecule has 4 rings (SSSR count). The molecule has 4 aromatic rings. The van der Waals surface area contributed by atoms with Gasteiger partial charge in [0.1, 0.15) is 5.75 Å². The molecule has 29 heavy (non-hydrogen) atoms. The summed E-state index contributed by atoms with van der Waals surface area (Å²) in [7, 11) is 1.51. The lowest BCUT2D eigenvalue weighted by Gasteiger charge is -2.09. The van der Waals surface area contributed by atoms with Crippen molar-refractivity contribution in [1.29, 1.82) is 0 Å². The maximum Gasteiger partial charge on any atom is 0.237 e. The van der Waals surface area contributed by atoms with Gasteiger partial charge in [-0.25, -0.2) is 13.2 Å². The second kappa shape index (κ2) is 7.00. The minimum Gasteiger partial charge on any atom is -0.497 e. The van der Waals surface area contributed by atoms with Crippen LogP contribution in [0.2, 0.25) is 0 Å². The monoisotopic (exact) mass is 408 g/mol. The van der Waals surface area contributed by atoms with Crippen molar-refractivity contribution in [2.75, 3.05) is 7.11 Å². The maximum absolute atomic E-state index is 13.8. The number of hydrogen-bond acceptors (Lipinski definition) is 5. The average molecular weight is 408 g/mol. The second-order valence-corrected chi connectivity index (χ2v) is 5.69. The largest absolute Gasteiger partial charge is 0.497 e. The number of aromatic nitrogens is 4. The van der Waals surface area contributed by atoms with E-state index in [1.54, 1.807) is 24.3 Å². The third-order valence-electron chi connectivity index (χ3n) is 3.96. The molecule has 0 radical (unpaired) electrons. The van der Waals surface area contributed by atoms with E-state index in [9.17, 15) is 22.0 Å². The molecule has 148 valence electrons. The Labute approximate surface area is 159 Å². The van der Waals surface area contributed by atoms with Crippen molar-refractivity contribution in [3.05, 3.63) is 65.5 Å². The molecule has 0 bridgehead atoms. The van der Waals surface area contributed by atoms with Gasteiger partial charge in [0, 0.05) is 11.6 Å². The van der Waals surface area contributed by atoms with Gasteiger partial charge >= 0.3 is 0 Å². The van der Waals surface area contributed by atoms with Crippen LogP contribution in [0, 0.1) is 29.1 Å². The van der Waals surface area contributed by atoms with Gasteiger partial charge in [-0.15, -0.1) is 15.3 Å². The van der Waals surface area contributed by atoms with Gasteiger partial charge in [0.15, 0.2) is 11.5 Å². The van der Waals surface area contributed by atoms with Gasteiger partial charge in [-0.2, -0.15) is 13.3 Å². The summed E-state index contributed by atoms with van der Waals surface area (Å²) in [5.41, 5.74) is 0.847. The fourth-order valence-electron chi connectivity index (χ4n) is 2.53. The van der Waals surface area contributed by atoms with Crippen LogP contribution in [0.15, 0.2) is 36.4 Å². The first-order valence-corrected chi connectivity index (χ1v) is 7.97. The van der Waals surface area contributed by atoms with E-state index in [0.29, 0.717) is 11.3 Å². The Kier molecular flexibility index (Phi) is 4.49. The number of halogens is 5. The Balaban J connectivity index is 1.77. The molecule has 0 atom stereocenters. The summed E-state index contributed by atoms with van der Waals surface area (Å²) in [4.78, 5) is 0. The third kappa shape index (κ3) is 3.10. The lowest BCUT2D eigenvalue weighted by atomic mass is 10.2. The van der Waals surface area contributed by atoms with E-state index in [1.807, 2.05) is 0 Å². The maximum atomic E-state index is 13.8. The van der Waals surface area contributed by atoms with E-state index in [2.05, 4.69) is 15.3 Å². The number of benzene rings is 2. The summed E-state index contributed by atoms with van der Waals surface area (Å²) in [6.07, 6.45) is 0. The number of nitrogens with zero attached hydrogens (tertiary/aromatic N) is 4. The van der Waals surface area contributed by atoms with E-state index in [-0.39, 0.29) is 11.5 Å². The van der Waals surface area contributed by atoms with Gasteiger partial charge in [-0.1, -0.05) is 0 Å². The predicted molar refractivity (Wildman–Crippen MR) is 89.1 cm³/mol. The Morgan fingerprint density at radius 1 is 0.759 bits per heavy atom. The summed E-state index contributed by atoms with van der Waals surface area (Å²) in [5.74, 6) is -11.8. The molecule has 0 fully saturated rings. The topological polar surface area (TPSA) is 61.5 Å². The lowest BCUT2D eigenvalue weighted by molar-refractivity contribution is 0.326. The molecule has 0 amide bonds. The average Bonchev–Trinajstić information content (AvgIpc) is 3.17. The summed E-state index contributed by atoms with van der Waals surface area (Å²) in [5, 5.41) is 11.9. The van der Waals surface area contributed by atoms with E-state index in [0.717, 1.165) is 6.07 Å². The van der Waals surface area contributed by atoms with E-state index in [1.165, 1.54) is 17.7 Å². The fourth-order valence-corrected chi connectivity index (χ4v) is 2.53. The molecule has 0 saturated carbocycles. The molecule has 0 N–H and O–H groups in total. The number of hydrogen-bond donors (Lipinski definition) is 0. The zero-order valence-corrected chi connectivity index (χ0v) is 14.5. The molecule has 0 aliphatic rings. The van der Waals surface area contributed by atoms with Crippen LogP contribution in [0.1, 0.15) is 0 Å². The molecule has 0 saturated heterocycles. The van der Waals surface area contributed by atoms with Gasteiger partial charge in [-0.05, 0) is 30.3 Å². The smallest absolute Gasteiger partial charge is 0.237 e. The quantitative estimate of drug-likeness (QED) is 0.287. The summed E-state index contributed by atoms with van der Waals surface area (Å²) in [6, 6.07) is 9.20. The Morgan fingerprint density at radius 2 is 1.38 bits per heavy atom. The molecule has 6 nitrogen and oxygen atoms in total. The molecule has 2 aromatic heterocycles. The number of methoxy groups -OCH3 is 1.